The van der Waals surface area contributed by atoms with Crippen molar-refractivity contribution in [1.82, 2.24) is 9.80 Å². The Bertz CT molecular complexity index is 363. The summed E-state index contributed by atoms with van der Waals surface area (Å²) in [5.41, 5.74) is 0. The third-order valence-electron chi connectivity index (χ3n) is 2.71. The Morgan fingerprint density at radius 1 is 0.833 bits per heavy atom. The van der Waals surface area contributed by atoms with Gasteiger partial charge in [0, 0.05) is 11.8 Å². The van der Waals surface area contributed by atoms with Crippen LogP contribution < -0.4 is 0 Å². The molecular weight excluding hydrogens is 236 g/mol. The Kier molecular flexibility index (Phi) is 4.21. The summed E-state index contributed by atoms with van der Waals surface area (Å²) in [7, 11) is 0. The first-order chi connectivity index (χ1) is 8.25. The lowest BCUT2D eigenvalue weighted by molar-refractivity contribution is -0.164. The van der Waals surface area contributed by atoms with Crippen molar-refractivity contribution in [1.29, 1.82) is 0 Å². The highest BCUT2D eigenvalue weighted by Crippen LogP contribution is 2.12. The molecule has 1 rings (SSSR count). The molecule has 1 saturated heterocycles. The topological polar surface area (TPSA) is 74.8 Å². The van der Waals surface area contributed by atoms with E-state index in [4.69, 9.17) is 0 Å². The third kappa shape index (κ3) is 2.75. The van der Waals surface area contributed by atoms with Crippen LogP contribution in [-0.4, -0.2) is 46.5 Å². The fourth-order valence-electron chi connectivity index (χ4n) is 1.64. The van der Waals surface area contributed by atoms with E-state index in [2.05, 4.69) is 0 Å². The number of carbonyl (C=O) groups excluding carboxylic acids is 4. The van der Waals surface area contributed by atoms with E-state index in [1.165, 1.54) is 0 Å². The molecule has 1 aliphatic rings. The van der Waals surface area contributed by atoms with Gasteiger partial charge in [-0.1, -0.05) is 27.7 Å². The normalized spacial score (nSPS) is 16.8. The third-order valence-corrected chi connectivity index (χ3v) is 2.71. The molecule has 0 spiro atoms. The van der Waals surface area contributed by atoms with E-state index in [0.717, 1.165) is 9.80 Å². The van der Waals surface area contributed by atoms with Crippen molar-refractivity contribution in [3.63, 3.8) is 0 Å². The molecular formula is C12H18N2O4. The molecule has 6 heteroatoms. The van der Waals surface area contributed by atoms with Crippen LogP contribution in [0.15, 0.2) is 0 Å². The lowest BCUT2D eigenvalue weighted by atomic mass is 10.1. The van der Waals surface area contributed by atoms with Crippen molar-refractivity contribution in [3.05, 3.63) is 0 Å². The van der Waals surface area contributed by atoms with Gasteiger partial charge in [0.1, 0.15) is 13.1 Å². The number of piperazine rings is 1. The van der Waals surface area contributed by atoms with Crippen LogP contribution in [0.2, 0.25) is 0 Å². The molecule has 0 atom stereocenters. The van der Waals surface area contributed by atoms with Crippen LogP contribution in [0.25, 0.3) is 0 Å². The average molecular weight is 254 g/mol. The molecule has 1 heterocycles. The van der Waals surface area contributed by atoms with E-state index in [0.29, 0.717) is 0 Å². The number of hydrogen-bond donors (Lipinski definition) is 0. The largest absolute Gasteiger partial charge is 0.274 e. The van der Waals surface area contributed by atoms with Gasteiger partial charge >= 0.3 is 0 Å². The molecule has 0 aliphatic carbocycles. The zero-order chi connectivity index (χ0) is 14.0. The van der Waals surface area contributed by atoms with Crippen LogP contribution in [-0.2, 0) is 19.2 Å². The molecule has 0 bridgehead atoms. The maximum Gasteiger partial charge on any atom is 0.249 e. The summed E-state index contributed by atoms with van der Waals surface area (Å²) >= 11 is 0. The second-order valence-electron chi connectivity index (χ2n) is 4.95. The molecule has 100 valence electrons. The van der Waals surface area contributed by atoms with Crippen LogP contribution in [0.3, 0.4) is 0 Å². The van der Waals surface area contributed by atoms with E-state index < -0.39 is 11.8 Å². The summed E-state index contributed by atoms with van der Waals surface area (Å²) in [4.78, 5) is 48.8. The highest BCUT2D eigenvalue weighted by molar-refractivity contribution is 6.09. The molecule has 0 aromatic rings. The number of amides is 4. The standard InChI is InChI=1S/C12H18N2O4/c1-7(2)11(17)13-5-10(16)14(6-9(13)15)12(18)8(3)4/h7-8H,5-6H2,1-4H3. The molecule has 0 radical (unpaired) electrons. The number of hydrogen-bond acceptors (Lipinski definition) is 4. The molecule has 0 unspecified atom stereocenters. The van der Waals surface area contributed by atoms with Crippen LogP contribution in [0, 0.1) is 11.8 Å². The maximum atomic E-state index is 11.8. The van der Waals surface area contributed by atoms with E-state index in [-0.39, 0.29) is 36.7 Å². The minimum atomic E-state index is -0.498. The predicted molar refractivity (Wildman–Crippen MR) is 63.1 cm³/mol. The van der Waals surface area contributed by atoms with Crippen molar-refractivity contribution in [3.8, 4) is 0 Å². The lowest BCUT2D eigenvalue weighted by Crippen LogP contribution is -2.58. The van der Waals surface area contributed by atoms with E-state index in [1.54, 1.807) is 27.7 Å². The highest BCUT2D eigenvalue weighted by atomic mass is 16.2. The Morgan fingerprint density at radius 2 is 1.11 bits per heavy atom. The summed E-state index contributed by atoms with van der Waals surface area (Å²) in [5.74, 6) is -2.47. The minimum absolute atomic E-state index is 0.339. The number of rotatable bonds is 2. The van der Waals surface area contributed by atoms with Crippen LogP contribution >= 0.6 is 0 Å². The summed E-state index contributed by atoms with van der Waals surface area (Å²) < 4.78 is 0. The predicted octanol–water partition coefficient (Wildman–Crippen LogP) is 0.0224. The first-order valence-electron chi connectivity index (χ1n) is 5.94. The van der Waals surface area contributed by atoms with Gasteiger partial charge in [-0.2, -0.15) is 0 Å². The van der Waals surface area contributed by atoms with Gasteiger partial charge in [0.05, 0.1) is 0 Å². The van der Waals surface area contributed by atoms with Crippen LogP contribution in [0.4, 0.5) is 0 Å². The second-order valence-corrected chi connectivity index (χ2v) is 4.95. The molecule has 0 aromatic heterocycles. The zero-order valence-corrected chi connectivity index (χ0v) is 11.1. The Hall–Kier alpha value is -1.72. The van der Waals surface area contributed by atoms with Crippen molar-refractivity contribution in [2.45, 2.75) is 27.7 Å². The summed E-state index contributed by atoms with van der Waals surface area (Å²) in [6.45, 7) is 5.96. The Balaban J connectivity index is 2.84. The minimum Gasteiger partial charge on any atom is -0.274 e. The lowest BCUT2D eigenvalue weighted by Gasteiger charge is -2.33. The summed E-state index contributed by atoms with van der Waals surface area (Å²) in [5, 5.41) is 0. The monoisotopic (exact) mass is 254 g/mol. The first kappa shape index (κ1) is 14.3. The molecule has 0 N–H and O–H groups in total. The van der Waals surface area contributed by atoms with Crippen molar-refractivity contribution >= 4 is 23.6 Å². The molecule has 6 nitrogen and oxygen atoms in total. The van der Waals surface area contributed by atoms with Crippen molar-refractivity contribution in [2.24, 2.45) is 11.8 Å². The quantitative estimate of drug-likeness (QED) is 0.696. The molecule has 1 aliphatic heterocycles. The highest BCUT2D eigenvalue weighted by Gasteiger charge is 2.37. The van der Waals surface area contributed by atoms with Gasteiger partial charge < -0.3 is 0 Å². The molecule has 4 amide bonds. The van der Waals surface area contributed by atoms with Crippen LogP contribution in [0.1, 0.15) is 27.7 Å². The van der Waals surface area contributed by atoms with Gasteiger partial charge in [-0.3, -0.25) is 29.0 Å². The summed E-state index contributed by atoms with van der Waals surface area (Å²) in [6, 6.07) is 0. The Morgan fingerprint density at radius 3 is 1.33 bits per heavy atom. The fraction of sp³-hybridized carbons (Fsp3) is 0.667. The van der Waals surface area contributed by atoms with Gasteiger partial charge in [-0.25, -0.2) is 0 Å². The Labute approximate surface area is 106 Å². The molecule has 0 saturated carbocycles. The van der Waals surface area contributed by atoms with Crippen molar-refractivity contribution < 1.29 is 19.2 Å². The molecule has 1 fully saturated rings. The zero-order valence-electron chi connectivity index (χ0n) is 11.1. The van der Waals surface area contributed by atoms with E-state index in [9.17, 15) is 19.2 Å². The van der Waals surface area contributed by atoms with Crippen LogP contribution in [0.5, 0.6) is 0 Å². The first-order valence-corrected chi connectivity index (χ1v) is 5.94. The van der Waals surface area contributed by atoms with Gasteiger partial charge in [0.2, 0.25) is 23.6 Å². The smallest absolute Gasteiger partial charge is 0.249 e. The van der Waals surface area contributed by atoms with Gasteiger partial charge in [-0.05, 0) is 0 Å². The van der Waals surface area contributed by atoms with Gasteiger partial charge in [0.15, 0.2) is 0 Å². The SMILES string of the molecule is CC(C)C(=O)N1CC(=O)N(C(=O)C(C)C)CC1=O. The maximum absolute atomic E-state index is 11.8. The molecule has 0 aromatic carbocycles. The fourth-order valence-corrected chi connectivity index (χ4v) is 1.64. The summed E-state index contributed by atoms with van der Waals surface area (Å²) in [6.07, 6.45) is 0. The van der Waals surface area contributed by atoms with Gasteiger partial charge in [-0.15, -0.1) is 0 Å². The van der Waals surface area contributed by atoms with E-state index in [1.807, 2.05) is 0 Å². The average Bonchev–Trinajstić information content (AvgIpc) is 2.29. The molecule has 18 heavy (non-hydrogen) atoms. The van der Waals surface area contributed by atoms with Gasteiger partial charge in [0.25, 0.3) is 0 Å². The number of carbonyl (C=O) groups is 4. The van der Waals surface area contributed by atoms with E-state index >= 15 is 0 Å². The second kappa shape index (κ2) is 5.29. The number of nitrogens with zero attached hydrogens (tertiary/aromatic N) is 2. The number of imide groups is 2. The van der Waals surface area contributed by atoms with Crippen molar-refractivity contribution in [2.75, 3.05) is 13.1 Å².